The Kier molecular flexibility index (Phi) is 5.07. The average Bonchev–Trinajstić information content (AvgIpc) is 3.40. The number of aromatic nitrogens is 1. The number of fused-ring (bicyclic) bond motifs is 2. The molecule has 0 unspecified atom stereocenters. The monoisotopic (exact) mass is 459 g/mol. The quantitative estimate of drug-likeness (QED) is 0.644. The number of hydrogen-bond acceptors (Lipinski definition) is 7. The molecule has 3 aromatic rings. The highest BCUT2D eigenvalue weighted by atomic mass is 32.2. The number of amides is 1. The van der Waals surface area contributed by atoms with Gasteiger partial charge in [-0.2, -0.15) is 4.31 Å². The first-order valence-corrected chi connectivity index (χ1v) is 12.3. The molecule has 0 bridgehead atoms. The normalized spacial score (nSPS) is 18.9. The molecule has 2 aliphatic heterocycles. The molecule has 10 heteroatoms. The summed E-state index contributed by atoms with van der Waals surface area (Å²) in [6.45, 7) is 3.08. The Morgan fingerprint density at radius 1 is 1.16 bits per heavy atom. The van der Waals surface area contributed by atoms with Crippen molar-refractivity contribution in [2.75, 3.05) is 25.1 Å². The van der Waals surface area contributed by atoms with Crippen LogP contribution in [0.4, 0.5) is 5.13 Å². The van der Waals surface area contributed by atoms with Crippen molar-refractivity contribution in [1.29, 1.82) is 0 Å². The van der Waals surface area contributed by atoms with Crippen LogP contribution in [0, 0.1) is 6.92 Å². The molecule has 0 radical (unpaired) electrons. The summed E-state index contributed by atoms with van der Waals surface area (Å²) >= 11 is 1.38. The summed E-state index contributed by atoms with van der Waals surface area (Å²) in [6, 6.07) is 9.65. The fourth-order valence-corrected chi connectivity index (χ4v) is 6.52. The van der Waals surface area contributed by atoms with Gasteiger partial charge in [-0.3, -0.25) is 4.79 Å². The van der Waals surface area contributed by atoms with Gasteiger partial charge >= 0.3 is 0 Å². The fourth-order valence-electron chi connectivity index (χ4n) is 3.88. The van der Waals surface area contributed by atoms with Gasteiger partial charge in [0.1, 0.15) is 19.3 Å². The molecule has 0 spiro atoms. The van der Waals surface area contributed by atoms with E-state index < -0.39 is 16.1 Å². The summed E-state index contributed by atoms with van der Waals surface area (Å²) in [5.74, 6) is 0.554. The second-order valence-corrected chi connectivity index (χ2v) is 10.5. The summed E-state index contributed by atoms with van der Waals surface area (Å²) in [6.07, 6.45) is 1.07. The molecule has 1 N–H and O–H groups in total. The van der Waals surface area contributed by atoms with E-state index >= 15 is 0 Å². The van der Waals surface area contributed by atoms with Crippen LogP contribution in [-0.2, 0) is 14.8 Å². The molecule has 1 saturated heterocycles. The largest absolute Gasteiger partial charge is 0.486 e. The molecule has 8 nitrogen and oxygen atoms in total. The van der Waals surface area contributed by atoms with Gasteiger partial charge in [-0.15, -0.1) is 0 Å². The number of aryl methyl sites for hydroxylation is 1. The molecule has 0 aliphatic carbocycles. The smallest absolute Gasteiger partial charge is 0.244 e. The zero-order valence-electron chi connectivity index (χ0n) is 16.8. The first-order chi connectivity index (χ1) is 14.9. The number of ether oxygens (including phenoxy) is 2. The SMILES string of the molecule is Cc1ccc2nc(NC(=O)[C@H]3CCCN3S(=O)(=O)c3ccc4c(c3)OCCO4)sc2c1. The van der Waals surface area contributed by atoms with Crippen molar-refractivity contribution in [2.24, 2.45) is 0 Å². The lowest BCUT2D eigenvalue weighted by atomic mass is 10.2. The molecule has 1 aromatic heterocycles. The van der Waals surface area contributed by atoms with Gasteiger partial charge in [-0.05, 0) is 49.6 Å². The van der Waals surface area contributed by atoms with Crippen LogP contribution in [-0.4, -0.2) is 49.4 Å². The van der Waals surface area contributed by atoms with E-state index in [2.05, 4.69) is 10.3 Å². The van der Waals surface area contributed by atoms with Gasteiger partial charge in [0, 0.05) is 12.6 Å². The first kappa shape index (κ1) is 20.2. The van der Waals surface area contributed by atoms with Crippen molar-refractivity contribution >= 4 is 42.6 Å². The summed E-state index contributed by atoms with van der Waals surface area (Å²) in [7, 11) is -3.87. The summed E-state index contributed by atoms with van der Waals surface area (Å²) in [5, 5.41) is 3.28. The van der Waals surface area contributed by atoms with Crippen molar-refractivity contribution in [3.63, 3.8) is 0 Å². The molecule has 1 amide bonds. The van der Waals surface area contributed by atoms with Crippen LogP contribution in [0.5, 0.6) is 11.5 Å². The van der Waals surface area contributed by atoms with Crippen molar-refractivity contribution in [3.05, 3.63) is 42.0 Å². The topological polar surface area (TPSA) is 97.8 Å². The number of anilines is 1. The molecule has 2 aliphatic rings. The fraction of sp³-hybridized carbons (Fsp3) is 0.333. The van der Waals surface area contributed by atoms with Crippen molar-refractivity contribution in [3.8, 4) is 11.5 Å². The molecule has 162 valence electrons. The van der Waals surface area contributed by atoms with Crippen LogP contribution < -0.4 is 14.8 Å². The third-order valence-electron chi connectivity index (χ3n) is 5.40. The van der Waals surface area contributed by atoms with Gasteiger partial charge < -0.3 is 14.8 Å². The Hall–Kier alpha value is -2.69. The molecular weight excluding hydrogens is 438 g/mol. The molecule has 1 fully saturated rings. The number of nitrogens with zero attached hydrogens (tertiary/aromatic N) is 2. The lowest BCUT2D eigenvalue weighted by molar-refractivity contribution is -0.119. The van der Waals surface area contributed by atoms with Crippen LogP contribution in [0.25, 0.3) is 10.2 Å². The summed E-state index contributed by atoms with van der Waals surface area (Å²) in [4.78, 5) is 17.5. The van der Waals surface area contributed by atoms with Gasteiger partial charge in [0.15, 0.2) is 16.6 Å². The van der Waals surface area contributed by atoms with Gasteiger partial charge in [-0.25, -0.2) is 13.4 Å². The van der Waals surface area contributed by atoms with Crippen LogP contribution >= 0.6 is 11.3 Å². The highest BCUT2D eigenvalue weighted by Gasteiger charge is 2.40. The minimum absolute atomic E-state index is 0.0897. The Labute approximate surface area is 183 Å². The standard InChI is InChI=1S/C21H21N3O5S2/c1-13-4-6-15-19(11-13)30-21(22-15)23-20(25)16-3-2-8-24(16)31(26,27)14-5-7-17-18(12-14)29-10-9-28-17/h4-7,11-12,16H,2-3,8-10H2,1H3,(H,22,23,25)/t16-/m1/s1. The van der Waals surface area contributed by atoms with E-state index in [1.54, 1.807) is 6.07 Å². The Balaban J connectivity index is 1.38. The minimum atomic E-state index is -3.87. The van der Waals surface area contributed by atoms with E-state index in [0.717, 1.165) is 15.8 Å². The molecule has 3 heterocycles. The van der Waals surface area contributed by atoms with E-state index in [0.29, 0.717) is 42.7 Å². The van der Waals surface area contributed by atoms with E-state index in [-0.39, 0.29) is 17.3 Å². The Bertz CT molecular complexity index is 1270. The van der Waals surface area contributed by atoms with Crippen molar-refractivity contribution in [1.82, 2.24) is 9.29 Å². The molecule has 2 aromatic carbocycles. The molecular formula is C21H21N3O5S2. The number of benzene rings is 2. The minimum Gasteiger partial charge on any atom is -0.486 e. The van der Waals surface area contributed by atoms with E-state index in [9.17, 15) is 13.2 Å². The lowest BCUT2D eigenvalue weighted by Crippen LogP contribution is -2.43. The average molecular weight is 460 g/mol. The molecule has 0 saturated carbocycles. The predicted molar refractivity (Wildman–Crippen MR) is 117 cm³/mol. The molecule has 31 heavy (non-hydrogen) atoms. The zero-order valence-corrected chi connectivity index (χ0v) is 18.5. The van der Waals surface area contributed by atoms with E-state index in [1.807, 2.05) is 25.1 Å². The van der Waals surface area contributed by atoms with Crippen LogP contribution in [0.2, 0.25) is 0 Å². The number of carbonyl (C=O) groups is 1. The maximum atomic E-state index is 13.3. The Morgan fingerprint density at radius 2 is 1.97 bits per heavy atom. The number of rotatable bonds is 4. The Morgan fingerprint density at radius 3 is 2.81 bits per heavy atom. The predicted octanol–water partition coefficient (Wildman–Crippen LogP) is 3.17. The third kappa shape index (κ3) is 3.75. The lowest BCUT2D eigenvalue weighted by Gasteiger charge is -2.24. The number of nitrogens with one attached hydrogen (secondary N) is 1. The van der Waals surface area contributed by atoms with Crippen LogP contribution in [0.1, 0.15) is 18.4 Å². The highest BCUT2D eigenvalue weighted by Crippen LogP contribution is 2.35. The van der Waals surface area contributed by atoms with Crippen molar-refractivity contribution in [2.45, 2.75) is 30.7 Å². The third-order valence-corrected chi connectivity index (χ3v) is 8.24. The molecule has 1 atom stereocenters. The zero-order chi connectivity index (χ0) is 21.6. The number of hydrogen-bond donors (Lipinski definition) is 1. The summed E-state index contributed by atoms with van der Waals surface area (Å²) in [5.41, 5.74) is 1.92. The number of carbonyl (C=O) groups excluding carboxylic acids is 1. The van der Waals surface area contributed by atoms with Crippen molar-refractivity contribution < 1.29 is 22.7 Å². The number of sulfonamides is 1. The second kappa shape index (κ2) is 7.77. The highest BCUT2D eigenvalue weighted by molar-refractivity contribution is 7.89. The van der Waals surface area contributed by atoms with E-state index in [1.165, 1.54) is 27.8 Å². The molecule has 5 rings (SSSR count). The maximum absolute atomic E-state index is 13.3. The van der Waals surface area contributed by atoms with Gasteiger partial charge in [0.05, 0.1) is 15.1 Å². The van der Waals surface area contributed by atoms with Gasteiger partial charge in [0.2, 0.25) is 15.9 Å². The first-order valence-electron chi connectivity index (χ1n) is 10.0. The van der Waals surface area contributed by atoms with Gasteiger partial charge in [0.25, 0.3) is 0 Å². The maximum Gasteiger partial charge on any atom is 0.244 e. The van der Waals surface area contributed by atoms with E-state index in [4.69, 9.17) is 9.47 Å². The van der Waals surface area contributed by atoms with Crippen LogP contribution in [0.15, 0.2) is 41.3 Å². The summed E-state index contributed by atoms with van der Waals surface area (Å²) < 4.78 is 39.8. The van der Waals surface area contributed by atoms with Crippen LogP contribution in [0.3, 0.4) is 0 Å². The number of thiazole rings is 1. The second-order valence-electron chi connectivity index (χ2n) is 7.56. The van der Waals surface area contributed by atoms with Gasteiger partial charge in [-0.1, -0.05) is 17.4 Å².